The summed E-state index contributed by atoms with van der Waals surface area (Å²) in [6.07, 6.45) is 1.07. The first kappa shape index (κ1) is 12.7. The maximum absolute atomic E-state index is 3.54. The lowest BCUT2D eigenvalue weighted by Crippen LogP contribution is -1.97. The van der Waals surface area contributed by atoms with Gasteiger partial charge >= 0.3 is 0 Å². The van der Waals surface area contributed by atoms with Crippen molar-refractivity contribution in [3.05, 3.63) is 58.7 Å². The molecule has 2 aromatic carbocycles. The van der Waals surface area contributed by atoms with Gasteiger partial charge in [0.15, 0.2) is 0 Å². The van der Waals surface area contributed by atoms with E-state index >= 15 is 0 Å². The molecule has 0 unspecified atom stereocenters. The van der Waals surface area contributed by atoms with Crippen molar-refractivity contribution in [1.82, 2.24) is 0 Å². The number of rotatable bonds is 3. The van der Waals surface area contributed by atoms with E-state index in [-0.39, 0.29) is 0 Å². The van der Waals surface area contributed by atoms with Crippen molar-refractivity contribution in [2.45, 2.75) is 34.1 Å². The third kappa shape index (κ3) is 2.73. The molecule has 2 aromatic rings. The molecule has 0 aliphatic rings. The van der Waals surface area contributed by atoms with Crippen molar-refractivity contribution in [2.24, 2.45) is 0 Å². The molecule has 94 valence electrons. The molecule has 0 atom stereocenters. The highest BCUT2D eigenvalue weighted by molar-refractivity contribution is 5.67. The molecule has 0 amide bonds. The van der Waals surface area contributed by atoms with Gasteiger partial charge in [0.05, 0.1) is 0 Å². The van der Waals surface area contributed by atoms with Gasteiger partial charge in [0, 0.05) is 11.4 Å². The van der Waals surface area contributed by atoms with Crippen LogP contribution in [0.5, 0.6) is 0 Å². The Labute approximate surface area is 110 Å². The molecule has 0 saturated heterocycles. The third-order valence-corrected chi connectivity index (χ3v) is 3.28. The van der Waals surface area contributed by atoms with E-state index in [1.165, 1.54) is 33.6 Å². The van der Waals surface area contributed by atoms with Crippen molar-refractivity contribution in [1.29, 1.82) is 0 Å². The Morgan fingerprint density at radius 1 is 0.944 bits per heavy atom. The Kier molecular flexibility index (Phi) is 3.71. The summed E-state index contributed by atoms with van der Waals surface area (Å²) < 4.78 is 0. The third-order valence-electron chi connectivity index (χ3n) is 3.28. The van der Waals surface area contributed by atoms with E-state index in [4.69, 9.17) is 0 Å². The van der Waals surface area contributed by atoms with Crippen LogP contribution in [-0.4, -0.2) is 0 Å². The molecule has 0 saturated carbocycles. The number of anilines is 2. The van der Waals surface area contributed by atoms with E-state index in [2.05, 4.69) is 69.4 Å². The van der Waals surface area contributed by atoms with Crippen LogP contribution in [-0.2, 0) is 6.42 Å². The summed E-state index contributed by atoms with van der Waals surface area (Å²) >= 11 is 0. The van der Waals surface area contributed by atoms with Crippen molar-refractivity contribution in [3.63, 3.8) is 0 Å². The minimum atomic E-state index is 1.07. The molecule has 0 aliphatic carbocycles. The van der Waals surface area contributed by atoms with Crippen molar-refractivity contribution < 1.29 is 0 Å². The van der Waals surface area contributed by atoms with Gasteiger partial charge in [0.1, 0.15) is 0 Å². The predicted octanol–water partition coefficient (Wildman–Crippen LogP) is 4.92. The fourth-order valence-electron chi connectivity index (χ4n) is 2.39. The van der Waals surface area contributed by atoms with Crippen LogP contribution in [0, 0.1) is 20.8 Å². The largest absolute Gasteiger partial charge is 0.355 e. The Hall–Kier alpha value is -1.76. The maximum Gasteiger partial charge on any atom is 0.0443 e. The summed E-state index contributed by atoms with van der Waals surface area (Å²) in [5, 5.41) is 3.54. The van der Waals surface area contributed by atoms with Crippen LogP contribution < -0.4 is 5.32 Å². The van der Waals surface area contributed by atoms with E-state index in [1.807, 2.05) is 0 Å². The summed E-state index contributed by atoms with van der Waals surface area (Å²) in [5.41, 5.74) is 7.68. The van der Waals surface area contributed by atoms with Crippen LogP contribution in [0.3, 0.4) is 0 Å². The van der Waals surface area contributed by atoms with Crippen LogP contribution in [0.1, 0.15) is 29.2 Å². The summed E-state index contributed by atoms with van der Waals surface area (Å²) in [5.74, 6) is 0. The molecule has 0 radical (unpaired) electrons. The topological polar surface area (TPSA) is 12.0 Å². The van der Waals surface area contributed by atoms with Gasteiger partial charge in [0.2, 0.25) is 0 Å². The highest BCUT2D eigenvalue weighted by atomic mass is 14.9. The molecule has 1 heteroatoms. The lowest BCUT2D eigenvalue weighted by molar-refractivity contribution is 1.14. The second-order valence-electron chi connectivity index (χ2n) is 4.95. The normalized spacial score (nSPS) is 10.4. The average Bonchev–Trinajstić information content (AvgIpc) is 2.34. The Morgan fingerprint density at radius 2 is 1.61 bits per heavy atom. The quantitative estimate of drug-likeness (QED) is 0.801. The van der Waals surface area contributed by atoms with Crippen LogP contribution in [0.25, 0.3) is 0 Å². The molecule has 1 nitrogen and oxygen atoms in total. The molecule has 0 bridgehead atoms. The van der Waals surface area contributed by atoms with Gasteiger partial charge in [-0.25, -0.2) is 0 Å². The van der Waals surface area contributed by atoms with Gasteiger partial charge in [0.25, 0.3) is 0 Å². The van der Waals surface area contributed by atoms with E-state index in [1.54, 1.807) is 0 Å². The van der Waals surface area contributed by atoms with Crippen LogP contribution in [0.4, 0.5) is 11.4 Å². The molecule has 0 heterocycles. The molecule has 1 N–H and O–H groups in total. The summed E-state index contributed by atoms with van der Waals surface area (Å²) in [6.45, 7) is 8.64. The standard InChI is InChI=1S/C17H21N/c1-5-15-7-6-8-16(11-15)18-17-13(3)9-12(2)10-14(17)4/h6-11,18H,5H2,1-4H3. The molecule has 2 rings (SSSR count). The number of nitrogens with one attached hydrogen (secondary N) is 1. The van der Waals surface area contributed by atoms with E-state index in [0.717, 1.165) is 6.42 Å². The van der Waals surface area contributed by atoms with E-state index in [0.29, 0.717) is 0 Å². The summed E-state index contributed by atoms with van der Waals surface area (Å²) in [6, 6.07) is 13.1. The maximum atomic E-state index is 3.54. The van der Waals surface area contributed by atoms with Crippen LogP contribution >= 0.6 is 0 Å². The zero-order valence-corrected chi connectivity index (χ0v) is 11.7. The first-order valence-electron chi connectivity index (χ1n) is 6.54. The fraction of sp³-hybridized carbons (Fsp3) is 0.294. The molecular formula is C17H21N. The summed E-state index contributed by atoms with van der Waals surface area (Å²) in [7, 11) is 0. The smallest absolute Gasteiger partial charge is 0.0443 e. The highest BCUT2D eigenvalue weighted by Crippen LogP contribution is 2.26. The number of hydrogen-bond acceptors (Lipinski definition) is 1. The first-order chi connectivity index (χ1) is 8.60. The Bertz CT molecular complexity index is 532. The number of aryl methyl sites for hydroxylation is 4. The number of benzene rings is 2. The minimum Gasteiger partial charge on any atom is -0.355 e. The fourth-order valence-corrected chi connectivity index (χ4v) is 2.39. The van der Waals surface area contributed by atoms with E-state index in [9.17, 15) is 0 Å². The SMILES string of the molecule is CCc1cccc(Nc2c(C)cc(C)cc2C)c1. The Morgan fingerprint density at radius 3 is 2.22 bits per heavy atom. The van der Waals surface area contributed by atoms with Crippen LogP contribution in [0.2, 0.25) is 0 Å². The molecule has 0 spiro atoms. The highest BCUT2D eigenvalue weighted by Gasteiger charge is 2.04. The van der Waals surface area contributed by atoms with Crippen molar-refractivity contribution in [2.75, 3.05) is 5.32 Å². The molecule has 0 fully saturated rings. The zero-order chi connectivity index (χ0) is 13.1. The van der Waals surface area contributed by atoms with Crippen molar-refractivity contribution in [3.8, 4) is 0 Å². The lowest BCUT2D eigenvalue weighted by Gasteiger charge is -2.14. The molecular weight excluding hydrogens is 218 g/mol. The van der Waals surface area contributed by atoms with Gasteiger partial charge < -0.3 is 5.32 Å². The van der Waals surface area contributed by atoms with Gasteiger partial charge in [-0.1, -0.05) is 36.8 Å². The zero-order valence-electron chi connectivity index (χ0n) is 11.7. The summed E-state index contributed by atoms with van der Waals surface area (Å²) in [4.78, 5) is 0. The van der Waals surface area contributed by atoms with Gasteiger partial charge in [-0.05, 0) is 56.0 Å². The second-order valence-corrected chi connectivity index (χ2v) is 4.95. The van der Waals surface area contributed by atoms with Crippen molar-refractivity contribution >= 4 is 11.4 Å². The monoisotopic (exact) mass is 239 g/mol. The minimum absolute atomic E-state index is 1.07. The molecule has 18 heavy (non-hydrogen) atoms. The molecule has 0 aliphatic heterocycles. The van der Waals surface area contributed by atoms with Gasteiger partial charge in [-0.2, -0.15) is 0 Å². The first-order valence-corrected chi connectivity index (χ1v) is 6.54. The Balaban J connectivity index is 2.33. The average molecular weight is 239 g/mol. The van der Waals surface area contributed by atoms with Gasteiger partial charge in [-0.3, -0.25) is 0 Å². The molecule has 0 aromatic heterocycles. The second kappa shape index (κ2) is 5.26. The lowest BCUT2D eigenvalue weighted by atomic mass is 10.0. The van der Waals surface area contributed by atoms with Gasteiger partial charge in [-0.15, -0.1) is 0 Å². The van der Waals surface area contributed by atoms with Crippen LogP contribution in [0.15, 0.2) is 36.4 Å². The number of hydrogen-bond donors (Lipinski definition) is 1. The predicted molar refractivity (Wildman–Crippen MR) is 79.8 cm³/mol. The van der Waals surface area contributed by atoms with E-state index < -0.39 is 0 Å².